The van der Waals surface area contributed by atoms with E-state index in [0.717, 1.165) is 23.2 Å². The molecule has 1 heterocycles. The van der Waals surface area contributed by atoms with Gasteiger partial charge in [0.05, 0.1) is 15.7 Å². The lowest BCUT2D eigenvalue weighted by atomic mass is 9.99. The van der Waals surface area contributed by atoms with Gasteiger partial charge in [-0.2, -0.15) is 5.10 Å². The van der Waals surface area contributed by atoms with Crippen molar-refractivity contribution in [3.8, 4) is 0 Å². The zero-order chi connectivity index (χ0) is 14.9. The first-order chi connectivity index (χ1) is 9.43. The Labute approximate surface area is 133 Å². The average Bonchev–Trinajstić information content (AvgIpc) is 2.65. The largest absolute Gasteiger partial charge is 0.313 e. The van der Waals surface area contributed by atoms with Crippen molar-refractivity contribution < 1.29 is 0 Å². The smallest absolute Gasteiger partial charge is 0.130 e. The first-order valence-electron chi connectivity index (χ1n) is 6.24. The Balaban J connectivity index is 2.31. The summed E-state index contributed by atoms with van der Waals surface area (Å²) in [7, 11) is 3.75. The summed E-state index contributed by atoms with van der Waals surface area (Å²) in [4.78, 5) is 0. The van der Waals surface area contributed by atoms with Crippen molar-refractivity contribution >= 4 is 34.8 Å². The van der Waals surface area contributed by atoms with Gasteiger partial charge in [-0.25, -0.2) is 0 Å². The maximum absolute atomic E-state index is 6.28. The normalized spacial score (nSPS) is 12.7. The van der Waals surface area contributed by atoms with Gasteiger partial charge in [0.25, 0.3) is 0 Å². The minimum atomic E-state index is 0.102. The van der Waals surface area contributed by atoms with Gasteiger partial charge < -0.3 is 5.32 Å². The van der Waals surface area contributed by atoms with Crippen molar-refractivity contribution in [2.45, 2.75) is 19.4 Å². The third-order valence-corrected chi connectivity index (χ3v) is 4.58. The molecule has 20 heavy (non-hydrogen) atoms. The van der Waals surface area contributed by atoms with E-state index in [0.29, 0.717) is 15.2 Å². The lowest BCUT2D eigenvalue weighted by molar-refractivity contribution is 0.590. The number of hydrogen-bond acceptors (Lipinski definition) is 2. The number of halogens is 3. The molecule has 0 aliphatic carbocycles. The Morgan fingerprint density at radius 1 is 1.25 bits per heavy atom. The van der Waals surface area contributed by atoms with Crippen LogP contribution in [0.5, 0.6) is 0 Å². The van der Waals surface area contributed by atoms with E-state index >= 15 is 0 Å². The van der Waals surface area contributed by atoms with Crippen LogP contribution in [0.3, 0.4) is 0 Å². The fraction of sp³-hybridized carbons (Fsp3) is 0.357. The van der Waals surface area contributed by atoms with E-state index in [4.69, 9.17) is 34.8 Å². The molecule has 0 saturated carbocycles. The SMILES string of the molecule is CNC(Cc1c(C)nn(C)c1Cl)c1ccc(Cl)c(Cl)c1. The van der Waals surface area contributed by atoms with E-state index in [2.05, 4.69) is 10.4 Å². The zero-order valence-electron chi connectivity index (χ0n) is 11.5. The van der Waals surface area contributed by atoms with Gasteiger partial charge in [0, 0.05) is 18.7 Å². The first kappa shape index (κ1) is 15.6. The Bertz CT molecular complexity index is 622. The molecule has 108 valence electrons. The monoisotopic (exact) mass is 331 g/mol. The summed E-state index contributed by atoms with van der Waals surface area (Å²) in [6, 6.07) is 5.76. The predicted octanol–water partition coefficient (Wildman–Crippen LogP) is 4.19. The van der Waals surface area contributed by atoms with Gasteiger partial charge in [0.2, 0.25) is 0 Å². The van der Waals surface area contributed by atoms with Crippen LogP contribution in [-0.4, -0.2) is 16.8 Å². The molecule has 1 aromatic carbocycles. The third kappa shape index (κ3) is 3.12. The summed E-state index contributed by atoms with van der Waals surface area (Å²) in [6.45, 7) is 1.96. The fourth-order valence-corrected chi connectivity index (χ4v) is 2.78. The first-order valence-corrected chi connectivity index (χ1v) is 7.37. The van der Waals surface area contributed by atoms with E-state index in [-0.39, 0.29) is 6.04 Å². The van der Waals surface area contributed by atoms with Crippen LogP contribution in [0.25, 0.3) is 0 Å². The molecule has 2 aromatic rings. The molecule has 2 rings (SSSR count). The topological polar surface area (TPSA) is 29.9 Å². The van der Waals surface area contributed by atoms with Crippen molar-refractivity contribution in [3.63, 3.8) is 0 Å². The molecule has 0 amide bonds. The highest BCUT2D eigenvalue weighted by Crippen LogP contribution is 2.29. The quantitative estimate of drug-likeness (QED) is 0.909. The molecular weight excluding hydrogens is 317 g/mol. The molecule has 1 N–H and O–H groups in total. The van der Waals surface area contributed by atoms with Crippen LogP contribution >= 0.6 is 34.8 Å². The van der Waals surface area contributed by atoms with E-state index in [1.54, 1.807) is 10.7 Å². The molecule has 1 unspecified atom stereocenters. The Morgan fingerprint density at radius 3 is 2.45 bits per heavy atom. The summed E-state index contributed by atoms with van der Waals surface area (Å²) < 4.78 is 1.69. The Hall–Kier alpha value is -0.740. The third-order valence-electron chi connectivity index (χ3n) is 3.37. The number of nitrogens with one attached hydrogen (secondary N) is 1. The maximum atomic E-state index is 6.28. The van der Waals surface area contributed by atoms with Gasteiger partial charge in [-0.05, 0) is 38.1 Å². The van der Waals surface area contributed by atoms with Gasteiger partial charge >= 0.3 is 0 Å². The Kier molecular flexibility index (Phi) is 4.97. The molecule has 0 fully saturated rings. The maximum Gasteiger partial charge on any atom is 0.130 e. The van der Waals surface area contributed by atoms with Crippen LogP contribution in [0.2, 0.25) is 15.2 Å². The molecule has 0 spiro atoms. The number of nitrogens with zero attached hydrogens (tertiary/aromatic N) is 2. The molecule has 3 nitrogen and oxygen atoms in total. The van der Waals surface area contributed by atoms with Gasteiger partial charge in [-0.3, -0.25) is 4.68 Å². The summed E-state index contributed by atoms with van der Waals surface area (Å²) in [5, 5.41) is 9.39. The van der Waals surface area contributed by atoms with Crippen LogP contribution in [0.4, 0.5) is 0 Å². The zero-order valence-corrected chi connectivity index (χ0v) is 13.8. The van der Waals surface area contributed by atoms with Crippen LogP contribution in [-0.2, 0) is 13.5 Å². The number of rotatable bonds is 4. The van der Waals surface area contributed by atoms with Gasteiger partial charge in [-0.15, -0.1) is 0 Å². The fourth-order valence-electron chi connectivity index (χ4n) is 2.23. The van der Waals surface area contributed by atoms with Crippen molar-refractivity contribution in [1.29, 1.82) is 0 Å². The van der Waals surface area contributed by atoms with Crippen molar-refractivity contribution in [2.24, 2.45) is 7.05 Å². The van der Waals surface area contributed by atoms with Gasteiger partial charge in [0.15, 0.2) is 0 Å². The molecule has 1 atom stereocenters. The highest BCUT2D eigenvalue weighted by Gasteiger charge is 2.18. The molecule has 0 saturated heterocycles. The average molecular weight is 333 g/mol. The van der Waals surface area contributed by atoms with Crippen LogP contribution in [0.15, 0.2) is 18.2 Å². The second-order valence-corrected chi connectivity index (χ2v) is 5.87. The van der Waals surface area contributed by atoms with Crippen LogP contribution in [0, 0.1) is 6.92 Å². The predicted molar refractivity (Wildman–Crippen MR) is 84.9 cm³/mol. The van der Waals surface area contributed by atoms with Crippen molar-refractivity contribution in [3.05, 3.63) is 50.2 Å². The number of benzene rings is 1. The Morgan fingerprint density at radius 2 is 1.95 bits per heavy atom. The lowest BCUT2D eigenvalue weighted by Gasteiger charge is -2.17. The molecule has 0 radical (unpaired) electrons. The number of hydrogen-bond donors (Lipinski definition) is 1. The van der Waals surface area contributed by atoms with E-state index in [1.807, 2.05) is 33.2 Å². The summed E-state index contributed by atoms with van der Waals surface area (Å²) in [6.07, 6.45) is 0.743. The van der Waals surface area contributed by atoms with Gasteiger partial charge in [-0.1, -0.05) is 40.9 Å². The molecule has 0 aliphatic heterocycles. The highest BCUT2D eigenvalue weighted by atomic mass is 35.5. The minimum absolute atomic E-state index is 0.102. The summed E-state index contributed by atoms with van der Waals surface area (Å²) >= 11 is 18.3. The van der Waals surface area contributed by atoms with E-state index < -0.39 is 0 Å². The van der Waals surface area contributed by atoms with Crippen LogP contribution < -0.4 is 5.32 Å². The van der Waals surface area contributed by atoms with Crippen molar-refractivity contribution in [1.82, 2.24) is 15.1 Å². The number of likely N-dealkylation sites (N-methyl/N-ethyl adjacent to an activating group) is 1. The molecular formula is C14H16Cl3N3. The highest BCUT2D eigenvalue weighted by molar-refractivity contribution is 6.42. The number of aryl methyl sites for hydroxylation is 2. The summed E-state index contributed by atoms with van der Waals surface area (Å²) in [5.74, 6) is 0. The molecule has 1 aromatic heterocycles. The second-order valence-electron chi connectivity index (χ2n) is 4.70. The standard InChI is InChI=1S/C14H16Cl3N3/c1-8-10(14(17)20(3)19-8)7-13(18-2)9-4-5-11(15)12(16)6-9/h4-6,13,18H,7H2,1-3H3. The van der Waals surface area contributed by atoms with E-state index in [1.165, 1.54) is 0 Å². The lowest BCUT2D eigenvalue weighted by Crippen LogP contribution is -2.19. The molecule has 0 aliphatic rings. The molecule has 6 heteroatoms. The van der Waals surface area contributed by atoms with E-state index in [9.17, 15) is 0 Å². The second kappa shape index (κ2) is 6.35. The minimum Gasteiger partial charge on any atom is -0.313 e. The molecule has 0 bridgehead atoms. The van der Waals surface area contributed by atoms with Crippen molar-refractivity contribution in [2.75, 3.05) is 7.05 Å². The summed E-state index contributed by atoms with van der Waals surface area (Å²) in [5.41, 5.74) is 3.05. The van der Waals surface area contributed by atoms with Gasteiger partial charge in [0.1, 0.15) is 5.15 Å². The van der Waals surface area contributed by atoms with Crippen LogP contribution in [0.1, 0.15) is 22.9 Å². The number of aromatic nitrogens is 2.